The van der Waals surface area contributed by atoms with Gasteiger partial charge in [0, 0.05) is 17.6 Å². The van der Waals surface area contributed by atoms with Crippen LogP contribution < -0.4 is 10.1 Å². The first-order valence-corrected chi connectivity index (χ1v) is 6.28. The molecule has 0 unspecified atom stereocenters. The van der Waals surface area contributed by atoms with Gasteiger partial charge in [-0.05, 0) is 42.5 Å². The molecule has 0 fully saturated rings. The van der Waals surface area contributed by atoms with Crippen LogP contribution in [0.1, 0.15) is 17.3 Å². The van der Waals surface area contributed by atoms with E-state index in [1.165, 1.54) is 6.92 Å². The van der Waals surface area contributed by atoms with Gasteiger partial charge in [0.25, 0.3) is 0 Å². The number of benzene rings is 2. The number of nitrogens with one attached hydrogen (secondary N) is 1. The van der Waals surface area contributed by atoms with Gasteiger partial charge in [0.15, 0.2) is 0 Å². The van der Waals surface area contributed by atoms with Crippen molar-refractivity contribution >= 4 is 29.2 Å². The van der Waals surface area contributed by atoms with Crippen molar-refractivity contribution in [3.05, 3.63) is 59.1 Å². The summed E-state index contributed by atoms with van der Waals surface area (Å²) in [4.78, 5) is 22.9. The first-order valence-electron chi connectivity index (χ1n) is 5.90. The molecule has 0 saturated carbocycles. The SMILES string of the molecule is CC(=O)Nc1cccc(C(=O)Oc2ccc(Cl)cc2)c1. The van der Waals surface area contributed by atoms with E-state index in [1.54, 1.807) is 48.5 Å². The van der Waals surface area contributed by atoms with Crippen molar-refractivity contribution in [2.45, 2.75) is 6.92 Å². The van der Waals surface area contributed by atoms with Gasteiger partial charge >= 0.3 is 5.97 Å². The van der Waals surface area contributed by atoms with Crippen LogP contribution in [0.4, 0.5) is 5.69 Å². The summed E-state index contributed by atoms with van der Waals surface area (Å²) in [6.45, 7) is 1.40. The molecule has 4 nitrogen and oxygen atoms in total. The van der Waals surface area contributed by atoms with Crippen LogP contribution in [0.25, 0.3) is 0 Å². The van der Waals surface area contributed by atoms with E-state index in [4.69, 9.17) is 16.3 Å². The van der Waals surface area contributed by atoms with Crippen LogP contribution in [-0.2, 0) is 4.79 Å². The Morgan fingerprint density at radius 1 is 1.10 bits per heavy atom. The van der Waals surface area contributed by atoms with Crippen LogP contribution in [0.5, 0.6) is 5.75 Å². The number of ether oxygens (including phenoxy) is 1. The smallest absolute Gasteiger partial charge is 0.343 e. The first kappa shape index (κ1) is 14.1. The standard InChI is InChI=1S/C15H12ClNO3/c1-10(18)17-13-4-2-3-11(9-13)15(19)20-14-7-5-12(16)6-8-14/h2-9H,1H3,(H,17,18). The Labute approximate surface area is 121 Å². The topological polar surface area (TPSA) is 55.4 Å². The zero-order chi connectivity index (χ0) is 14.5. The van der Waals surface area contributed by atoms with Crippen molar-refractivity contribution < 1.29 is 14.3 Å². The minimum absolute atomic E-state index is 0.201. The van der Waals surface area contributed by atoms with Crippen LogP contribution in [0.15, 0.2) is 48.5 Å². The summed E-state index contributed by atoms with van der Waals surface area (Å²) in [7, 11) is 0. The Morgan fingerprint density at radius 3 is 2.45 bits per heavy atom. The fourth-order valence-electron chi connectivity index (χ4n) is 1.60. The molecule has 1 amide bonds. The summed E-state index contributed by atoms with van der Waals surface area (Å²) in [6, 6.07) is 13.0. The maximum Gasteiger partial charge on any atom is 0.343 e. The van der Waals surface area contributed by atoms with Gasteiger partial charge in [-0.3, -0.25) is 4.79 Å². The number of esters is 1. The minimum atomic E-state index is -0.500. The Hall–Kier alpha value is -2.33. The van der Waals surface area contributed by atoms with Crippen molar-refractivity contribution in [2.24, 2.45) is 0 Å². The Morgan fingerprint density at radius 2 is 1.80 bits per heavy atom. The van der Waals surface area contributed by atoms with Gasteiger partial charge in [0.1, 0.15) is 5.75 Å². The van der Waals surface area contributed by atoms with E-state index in [2.05, 4.69) is 5.32 Å². The molecule has 0 aliphatic heterocycles. The van der Waals surface area contributed by atoms with Gasteiger partial charge in [-0.2, -0.15) is 0 Å². The summed E-state index contributed by atoms with van der Waals surface area (Å²) >= 11 is 5.75. The lowest BCUT2D eigenvalue weighted by Crippen LogP contribution is -2.10. The fourth-order valence-corrected chi connectivity index (χ4v) is 1.72. The number of carbonyl (C=O) groups excluding carboxylic acids is 2. The van der Waals surface area contributed by atoms with E-state index in [0.29, 0.717) is 22.0 Å². The van der Waals surface area contributed by atoms with E-state index in [-0.39, 0.29) is 5.91 Å². The molecular formula is C15H12ClNO3. The van der Waals surface area contributed by atoms with Gasteiger partial charge < -0.3 is 10.1 Å². The number of amides is 1. The van der Waals surface area contributed by atoms with Crippen molar-refractivity contribution in [1.29, 1.82) is 0 Å². The Kier molecular flexibility index (Phi) is 4.38. The molecule has 20 heavy (non-hydrogen) atoms. The highest BCUT2D eigenvalue weighted by atomic mass is 35.5. The average molecular weight is 290 g/mol. The highest BCUT2D eigenvalue weighted by Gasteiger charge is 2.09. The second-order valence-corrected chi connectivity index (χ2v) is 4.54. The lowest BCUT2D eigenvalue weighted by Gasteiger charge is -2.06. The molecule has 1 N–H and O–H groups in total. The first-order chi connectivity index (χ1) is 9.54. The lowest BCUT2D eigenvalue weighted by atomic mass is 10.2. The second kappa shape index (κ2) is 6.21. The average Bonchev–Trinajstić information content (AvgIpc) is 2.41. The third-order valence-electron chi connectivity index (χ3n) is 2.44. The van der Waals surface area contributed by atoms with E-state index in [9.17, 15) is 9.59 Å². The monoisotopic (exact) mass is 289 g/mol. The highest BCUT2D eigenvalue weighted by molar-refractivity contribution is 6.30. The predicted molar refractivity (Wildman–Crippen MR) is 77.2 cm³/mol. The van der Waals surface area contributed by atoms with Gasteiger partial charge in [0.05, 0.1) is 5.56 Å². The maximum absolute atomic E-state index is 12.0. The van der Waals surface area contributed by atoms with Crippen molar-refractivity contribution in [3.8, 4) is 5.75 Å². The third-order valence-corrected chi connectivity index (χ3v) is 2.69. The second-order valence-electron chi connectivity index (χ2n) is 4.11. The molecule has 2 aromatic rings. The normalized spacial score (nSPS) is 9.90. The molecule has 2 rings (SSSR count). The molecule has 0 saturated heterocycles. The summed E-state index contributed by atoms with van der Waals surface area (Å²) in [6.07, 6.45) is 0. The third kappa shape index (κ3) is 3.83. The number of hydrogen-bond acceptors (Lipinski definition) is 3. The number of anilines is 1. The largest absolute Gasteiger partial charge is 0.423 e. The molecule has 2 aromatic carbocycles. The quantitative estimate of drug-likeness (QED) is 0.695. The van der Waals surface area contributed by atoms with Gasteiger partial charge in [-0.25, -0.2) is 4.79 Å². The van der Waals surface area contributed by atoms with Crippen molar-refractivity contribution in [1.82, 2.24) is 0 Å². The summed E-state index contributed by atoms with van der Waals surface area (Å²) in [5.41, 5.74) is 0.897. The predicted octanol–water partition coefficient (Wildman–Crippen LogP) is 3.52. The van der Waals surface area contributed by atoms with Gasteiger partial charge in [-0.1, -0.05) is 17.7 Å². The molecule has 0 aromatic heterocycles. The summed E-state index contributed by atoms with van der Waals surface area (Å²) in [5, 5.41) is 3.17. The van der Waals surface area contributed by atoms with Crippen molar-refractivity contribution in [2.75, 3.05) is 5.32 Å². The van der Waals surface area contributed by atoms with Crippen LogP contribution >= 0.6 is 11.6 Å². The van der Waals surface area contributed by atoms with Crippen LogP contribution in [0, 0.1) is 0 Å². The zero-order valence-electron chi connectivity index (χ0n) is 10.7. The fraction of sp³-hybridized carbons (Fsp3) is 0.0667. The number of halogens is 1. The van der Waals surface area contributed by atoms with E-state index < -0.39 is 5.97 Å². The molecule has 0 aliphatic rings. The van der Waals surface area contributed by atoms with E-state index in [0.717, 1.165) is 0 Å². The lowest BCUT2D eigenvalue weighted by molar-refractivity contribution is -0.114. The molecule has 5 heteroatoms. The maximum atomic E-state index is 12.0. The molecule has 0 atom stereocenters. The van der Waals surface area contributed by atoms with E-state index >= 15 is 0 Å². The number of rotatable bonds is 3. The van der Waals surface area contributed by atoms with Crippen LogP contribution in [0.2, 0.25) is 5.02 Å². The molecule has 0 bridgehead atoms. The van der Waals surface area contributed by atoms with Crippen molar-refractivity contribution in [3.63, 3.8) is 0 Å². The zero-order valence-corrected chi connectivity index (χ0v) is 11.5. The number of hydrogen-bond donors (Lipinski definition) is 1. The molecule has 0 spiro atoms. The molecule has 0 heterocycles. The molecule has 102 valence electrons. The minimum Gasteiger partial charge on any atom is -0.423 e. The van der Waals surface area contributed by atoms with Crippen LogP contribution in [0.3, 0.4) is 0 Å². The van der Waals surface area contributed by atoms with Crippen LogP contribution in [-0.4, -0.2) is 11.9 Å². The molecule has 0 aliphatic carbocycles. The number of carbonyl (C=O) groups is 2. The molecule has 0 radical (unpaired) electrons. The Bertz CT molecular complexity index is 638. The highest BCUT2D eigenvalue weighted by Crippen LogP contribution is 2.18. The molecular weight excluding hydrogens is 278 g/mol. The summed E-state index contributed by atoms with van der Waals surface area (Å²) < 4.78 is 5.21. The summed E-state index contributed by atoms with van der Waals surface area (Å²) in [5.74, 6) is -0.294. The van der Waals surface area contributed by atoms with Gasteiger partial charge in [0.2, 0.25) is 5.91 Å². The van der Waals surface area contributed by atoms with Gasteiger partial charge in [-0.15, -0.1) is 0 Å². The Balaban J connectivity index is 2.12. The van der Waals surface area contributed by atoms with E-state index in [1.807, 2.05) is 0 Å².